The van der Waals surface area contributed by atoms with Gasteiger partial charge in [0.2, 0.25) is 0 Å². The van der Waals surface area contributed by atoms with E-state index in [0.717, 1.165) is 13.0 Å². The third kappa shape index (κ3) is 5.85. The summed E-state index contributed by atoms with van der Waals surface area (Å²) in [6.45, 7) is 3.61. The zero-order valence-corrected chi connectivity index (χ0v) is 10.9. The maximum atomic E-state index is 5.83. The van der Waals surface area contributed by atoms with Crippen molar-refractivity contribution in [2.24, 2.45) is 5.73 Å². The normalized spacial score (nSPS) is 12.6. The quantitative estimate of drug-likeness (QED) is 0.663. The lowest BCUT2D eigenvalue weighted by molar-refractivity contribution is 0.0558. The molecule has 1 rings (SSSR count). The summed E-state index contributed by atoms with van der Waals surface area (Å²) < 4.78 is 5.83. The fourth-order valence-electron chi connectivity index (χ4n) is 1.90. The molecular formula is C15H25NO. The minimum Gasteiger partial charge on any atom is -0.372 e. The van der Waals surface area contributed by atoms with Crippen molar-refractivity contribution in [3.8, 4) is 0 Å². The van der Waals surface area contributed by atoms with Crippen LogP contribution in [0.25, 0.3) is 0 Å². The van der Waals surface area contributed by atoms with Gasteiger partial charge in [-0.1, -0.05) is 62.9 Å². The Morgan fingerprint density at radius 2 is 1.76 bits per heavy atom. The van der Waals surface area contributed by atoms with Gasteiger partial charge in [0.25, 0.3) is 0 Å². The second-order valence-electron chi connectivity index (χ2n) is 4.42. The van der Waals surface area contributed by atoms with Crippen LogP contribution in [0.2, 0.25) is 0 Å². The summed E-state index contributed by atoms with van der Waals surface area (Å²) >= 11 is 0. The van der Waals surface area contributed by atoms with Crippen LogP contribution in [0.5, 0.6) is 0 Å². The molecule has 0 aliphatic carbocycles. The van der Waals surface area contributed by atoms with Crippen molar-refractivity contribution in [2.45, 2.75) is 45.1 Å². The van der Waals surface area contributed by atoms with Gasteiger partial charge in [-0.25, -0.2) is 0 Å². The molecule has 2 heteroatoms. The SMILES string of the molecule is CCCCCCCOC(CN)c1ccccc1. The van der Waals surface area contributed by atoms with Crippen LogP contribution >= 0.6 is 0 Å². The van der Waals surface area contributed by atoms with E-state index in [2.05, 4.69) is 19.1 Å². The third-order valence-corrected chi connectivity index (χ3v) is 2.95. The standard InChI is InChI=1S/C15H25NO/c1-2-3-4-5-9-12-17-15(13-16)14-10-7-6-8-11-14/h6-8,10-11,15H,2-5,9,12-13,16H2,1H3. The fourth-order valence-corrected chi connectivity index (χ4v) is 1.90. The van der Waals surface area contributed by atoms with Gasteiger partial charge in [-0.2, -0.15) is 0 Å². The van der Waals surface area contributed by atoms with Crippen LogP contribution in [0, 0.1) is 0 Å². The molecule has 0 aromatic heterocycles. The number of nitrogens with two attached hydrogens (primary N) is 1. The number of rotatable bonds is 9. The zero-order valence-electron chi connectivity index (χ0n) is 10.9. The van der Waals surface area contributed by atoms with E-state index in [-0.39, 0.29) is 6.10 Å². The number of unbranched alkanes of at least 4 members (excludes halogenated alkanes) is 4. The smallest absolute Gasteiger partial charge is 0.0947 e. The highest BCUT2D eigenvalue weighted by Crippen LogP contribution is 2.16. The lowest BCUT2D eigenvalue weighted by atomic mass is 10.1. The molecule has 0 aliphatic rings. The van der Waals surface area contributed by atoms with Crippen LogP contribution in [-0.4, -0.2) is 13.2 Å². The molecule has 0 spiro atoms. The fraction of sp³-hybridized carbons (Fsp3) is 0.600. The monoisotopic (exact) mass is 235 g/mol. The molecule has 0 saturated carbocycles. The van der Waals surface area contributed by atoms with E-state index >= 15 is 0 Å². The minimum atomic E-state index is 0.0578. The van der Waals surface area contributed by atoms with Gasteiger partial charge in [-0.05, 0) is 12.0 Å². The third-order valence-electron chi connectivity index (χ3n) is 2.95. The van der Waals surface area contributed by atoms with Crippen molar-refractivity contribution in [3.63, 3.8) is 0 Å². The largest absolute Gasteiger partial charge is 0.372 e. The second-order valence-corrected chi connectivity index (χ2v) is 4.42. The van der Waals surface area contributed by atoms with Gasteiger partial charge in [0, 0.05) is 13.2 Å². The molecule has 1 aromatic rings. The van der Waals surface area contributed by atoms with E-state index in [1.165, 1.54) is 31.2 Å². The van der Waals surface area contributed by atoms with Crippen LogP contribution < -0.4 is 5.73 Å². The summed E-state index contributed by atoms with van der Waals surface area (Å²) in [6, 6.07) is 10.2. The van der Waals surface area contributed by atoms with Crippen molar-refractivity contribution in [1.82, 2.24) is 0 Å². The van der Waals surface area contributed by atoms with Gasteiger partial charge in [0.1, 0.15) is 0 Å². The molecule has 96 valence electrons. The number of hydrogen-bond donors (Lipinski definition) is 1. The zero-order chi connectivity index (χ0) is 12.3. The Morgan fingerprint density at radius 1 is 1.06 bits per heavy atom. The molecule has 0 fully saturated rings. The minimum absolute atomic E-state index is 0.0578. The first-order valence-corrected chi connectivity index (χ1v) is 6.75. The maximum Gasteiger partial charge on any atom is 0.0947 e. The average molecular weight is 235 g/mol. The van der Waals surface area contributed by atoms with E-state index in [4.69, 9.17) is 10.5 Å². The Labute approximate surface area is 105 Å². The van der Waals surface area contributed by atoms with Crippen LogP contribution in [0.3, 0.4) is 0 Å². The highest BCUT2D eigenvalue weighted by molar-refractivity contribution is 5.17. The molecule has 0 radical (unpaired) electrons. The lowest BCUT2D eigenvalue weighted by Gasteiger charge is -2.16. The van der Waals surface area contributed by atoms with Crippen molar-refractivity contribution in [3.05, 3.63) is 35.9 Å². The Balaban J connectivity index is 2.20. The summed E-state index contributed by atoms with van der Waals surface area (Å²) in [5, 5.41) is 0. The topological polar surface area (TPSA) is 35.2 Å². The molecule has 0 aliphatic heterocycles. The first-order valence-electron chi connectivity index (χ1n) is 6.75. The molecule has 0 saturated heterocycles. The summed E-state index contributed by atoms with van der Waals surface area (Å²) in [7, 11) is 0. The predicted molar refractivity (Wildman–Crippen MR) is 72.9 cm³/mol. The summed E-state index contributed by atoms with van der Waals surface area (Å²) in [5.41, 5.74) is 6.93. The number of benzene rings is 1. The predicted octanol–water partition coefficient (Wildman–Crippen LogP) is 3.67. The van der Waals surface area contributed by atoms with Gasteiger partial charge in [-0.15, -0.1) is 0 Å². The molecule has 17 heavy (non-hydrogen) atoms. The molecule has 0 amide bonds. The summed E-state index contributed by atoms with van der Waals surface area (Å²) in [5.74, 6) is 0. The first-order chi connectivity index (χ1) is 8.38. The van der Waals surface area contributed by atoms with Gasteiger partial charge < -0.3 is 10.5 Å². The van der Waals surface area contributed by atoms with Crippen LogP contribution in [0.15, 0.2) is 30.3 Å². The summed E-state index contributed by atoms with van der Waals surface area (Å²) in [6.07, 6.45) is 6.40. The van der Waals surface area contributed by atoms with E-state index < -0.39 is 0 Å². The lowest BCUT2D eigenvalue weighted by Crippen LogP contribution is -2.16. The maximum absolute atomic E-state index is 5.83. The van der Waals surface area contributed by atoms with Crippen LogP contribution in [0.1, 0.15) is 50.7 Å². The molecule has 1 atom stereocenters. The van der Waals surface area contributed by atoms with E-state index in [0.29, 0.717) is 6.54 Å². The number of hydrogen-bond acceptors (Lipinski definition) is 2. The molecule has 2 N–H and O–H groups in total. The van der Waals surface area contributed by atoms with E-state index in [1.807, 2.05) is 18.2 Å². The van der Waals surface area contributed by atoms with Gasteiger partial charge in [0.15, 0.2) is 0 Å². The Kier molecular flexibility index (Phi) is 7.69. The molecule has 1 aromatic carbocycles. The Bertz CT molecular complexity index is 274. The average Bonchev–Trinajstić information content (AvgIpc) is 2.39. The first kappa shape index (κ1) is 14.2. The second kappa shape index (κ2) is 9.20. The van der Waals surface area contributed by atoms with Crippen molar-refractivity contribution in [1.29, 1.82) is 0 Å². The molecule has 1 unspecified atom stereocenters. The van der Waals surface area contributed by atoms with Crippen LogP contribution in [-0.2, 0) is 4.74 Å². The number of ether oxygens (including phenoxy) is 1. The highest BCUT2D eigenvalue weighted by Gasteiger charge is 2.08. The molecular weight excluding hydrogens is 210 g/mol. The van der Waals surface area contributed by atoms with Gasteiger partial charge in [0.05, 0.1) is 6.10 Å². The summed E-state index contributed by atoms with van der Waals surface area (Å²) in [4.78, 5) is 0. The van der Waals surface area contributed by atoms with Crippen molar-refractivity contribution < 1.29 is 4.74 Å². The Hall–Kier alpha value is -0.860. The molecule has 0 bridgehead atoms. The van der Waals surface area contributed by atoms with Gasteiger partial charge in [-0.3, -0.25) is 0 Å². The van der Waals surface area contributed by atoms with E-state index in [1.54, 1.807) is 0 Å². The van der Waals surface area contributed by atoms with Gasteiger partial charge >= 0.3 is 0 Å². The van der Waals surface area contributed by atoms with Crippen molar-refractivity contribution in [2.75, 3.05) is 13.2 Å². The highest BCUT2D eigenvalue weighted by atomic mass is 16.5. The molecule has 0 heterocycles. The van der Waals surface area contributed by atoms with E-state index in [9.17, 15) is 0 Å². The van der Waals surface area contributed by atoms with Crippen molar-refractivity contribution >= 4 is 0 Å². The Morgan fingerprint density at radius 3 is 2.41 bits per heavy atom. The molecule has 2 nitrogen and oxygen atoms in total. The van der Waals surface area contributed by atoms with Crippen LogP contribution in [0.4, 0.5) is 0 Å².